The zero-order chi connectivity index (χ0) is 12.7. The lowest BCUT2D eigenvalue weighted by Gasteiger charge is -1.99. The summed E-state index contributed by atoms with van der Waals surface area (Å²) in [4.78, 5) is 7.81. The number of hydrogen-bond acceptors (Lipinski definition) is 1. The first-order chi connectivity index (χ1) is 8.72. The Labute approximate surface area is 106 Å². The molecule has 0 aliphatic heterocycles. The molecule has 0 aliphatic rings. The smallest absolute Gasteiger partial charge is 0.140 e. The molecule has 0 bridgehead atoms. The van der Waals surface area contributed by atoms with Crippen molar-refractivity contribution in [2.45, 2.75) is 6.92 Å². The summed E-state index contributed by atoms with van der Waals surface area (Å²) in [5, 5.41) is 1.18. The average Bonchev–Trinajstić information content (AvgIpc) is 2.95. The van der Waals surface area contributed by atoms with Crippen molar-refractivity contribution in [3.05, 3.63) is 48.4 Å². The summed E-state index contributed by atoms with van der Waals surface area (Å²) in [6.07, 6.45) is 3.65. The maximum Gasteiger partial charge on any atom is 0.140 e. The van der Waals surface area contributed by atoms with Crippen LogP contribution in [-0.2, 0) is 7.05 Å². The number of fused-ring (bicyclic) bond motifs is 1. The van der Waals surface area contributed by atoms with Crippen LogP contribution in [-0.4, -0.2) is 14.5 Å². The highest BCUT2D eigenvalue weighted by atomic mass is 15.0. The average molecular weight is 237 g/mol. The molecule has 0 saturated heterocycles. The molecule has 0 aliphatic carbocycles. The van der Waals surface area contributed by atoms with Crippen LogP contribution < -0.4 is 0 Å². The fourth-order valence-corrected chi connectivity index (χ4v) is 2.40. The molecule has 3 nitrogen and oxygen atoms in total. The van der Waals surface area contributed by atoms with Gasteiger partial charge in [-0.3, -0.25) is 0 Å². The zero-order valence-corrected chi connectivity index (χ0v) is 10.6. The molecule has 18 heavy (non-hydrogen) atoms. The molecule has 0 saturated carbocycles. The summed E-state index contributed by atoms with van der Waals surface area (Å²) in [7, 11) is 2.05. The monoisotopic (exact) mass is 237 g/mol. The van der Waals surface area contributed by atoms with Crippen molar-refractivity contribution in [1.29, 1.82) is 0 Å². The van der Waals surface area contributed by atoms with Gasteiger partial charge in [-0.1, -0.05) is 6.58 Å². The van der Waals surface area contributed by atoms with E-state index in [-0.39, 0.29) is 0 Å². The predicted octanol–water partition coefficient (Wildman–Crippen LogP) is 3.52. The summed E-state index contributed by atoms with van der Waals surface area (Å²) in [5.41, 5.74) is 5.58. The predicted molar refractivity (Wildman–Crippen MR) is 75.3 cm³/mol. The Kier molecular flexibility index (Phi) is 2.33. The van der Waals surface area contributed by atoms with E-state index in [4.69, 9.17) is 0 Å². The lowest BCUT2D eigenvalue weighted by atomic mass is 10.1. The van der Waals surface area contributed by atoms with Crippen LogP contribution in [0.2, 0.25) is 0 Å². The van der Waals surface area contributed by atoms with Gasteiger partial charge in [-0.2, -0.15) is 0 Å². The third kappa shape index (κ3) is 1.40. The minimum absolute atomic E-state index is 1.01. The molecule has 3 aromatic rings. The zero-order valence-electron chi connectivity index (χ0n) is 10.6. The van der Waals surface area contributed by atoms with E-state index in [0.29, 0.717) is 0 Å². The molecule has 0 amide bonds. The summed E-state index contributed by atoms with van der Waals surface area (Å²) in [6, 6.07) is 8.21. The highest BCUT2D eigenvalue weighted by Crippen LogP contribution is 2.32. The second-order valence-corrected chi connectivity index (χ2v) is 4.43. The van der Waals surface area contributed by atoms with Gasteiger partial charge in [0, 0.05) is 41.3 Å². The van der Waals surface area contributed by atoms with Gasteiger partial charge >= 0.3 is 0 Å². The molecular formula is C15H15N3. The van der Waals surface area contributed by atoms with Crippen molar-refractivity contribution in [1.82, 2.24) is 14.5 Å². The van der Waals surface area contributed by atoms with Gasteiger partial charge in [0.25, 0.3) is 0 Å². The van der Waals surface area contributed by atoms with Crippen molar-refractivity contribution in [2.75, 3.05) is 0 Å². The Hall–Kier alpha value is -2.29. The number of H-pyrrole nitrogens is 1. The fourth-order valence-electron chi connectivity index (χ4n) is 2.40. The molecule has 0 aromatic carbocycles. The molecule has 0 fully saturated rings. The van der Waals surface area contributed by atoms with E-state index >= 15 is 0 Å². The number of aryl methyl sites for hydroxylation is 1. The second kappa shape index (κ2) is 3.88. The maximum absolute atomic E-state index is 4.44. The van der Waals surface area contributed by atoms with Gasteiger partial charge in [-0.05, 0) is 37.3 Å². The summed E-state index contributed by atoms with van der Waals surface area (Å²) in [5.74, 6) is 0. The van der Waals surface area contributed by atoms with Crippen LogP contribution in [0.5, 0.6) is 0 Å². The molecule has 90 valence electrons. The topological polar surface area (TPSA) is 33.6 Å². The Morgan fingerprint density at radius 3 is 2.89 bits per heavy atom. The largest absolute Gasteiger partial charge is 0.355 e. The van der Waals surface area contributed by atoms with Crippen LogP contribution in [0.1, 0.15) is 11.4 Å². The van der Waals surface area contributed by atoms with Gasteiger partial charge in [0.05, 0.1) is 0 Å². The minimum atomic E-state index is 1.01. The molecule has 0 radical (unpaired) electrons. The van der Waals surface area contributed by atoms with Crippen LogP contribution in [0, 0.1) is 6.92 Å². The van der Waals surface area contributed by atoms with E-state index in [9.17, 15) is 0 Å². The lowest BCUT2D eigenvalue weighted by Crippen LogP contribution is -1.91. The summed E-state index contributed by atoms with van der Waals surface area (Å²) >= 11 is 0. The number of pyridine rings is 1. The molecule has 1 N–H and O–H groups in total. The third-order valence-electron chi connectivity index (χ3n) is 3.44. The number of nitrogens with zero attached hydrogens (tertiary/aromatic N) is 2. The van der Waals surface area contributed by atoms with Crippen LogP contribution in [0.15, 0.2) is 37.0 Å². The third-order valence-corrected chi connectivity index (χ3v) is 3.44. The normalized spacial score (nSPS) is 11.0. The molecule has 3 aromatic heterocycles. The molecule has 0 spiro atoms. The van der Waals surface area contributed by atoms with Crippen molar-refractivity contribution >= 4 is 17.1 Å². The number of aromatic nitrogens is 3. The van der Waals surface area contributed by atoms with Crippen LogP contribution in [0.3, 0.4) is 0 Å². The number of nitrogens with one attached hydrogen (secondary N) is 1. The van der Waals surface area contributed by atoms with Gasteiger partial charge in [-0.25, -0.2) is 4.98 Å². The lowest BCUT2D eigenvalue weighted by molar-refractivity contribution is 0.903. The van der Waals surface area contributed by atoms with E-state index in [1.807, 2.05) is 31.5 Å². The van der Waals surface area contributed by atoms with Gasteiger partial charge < -0.3 is 9.55 Å². The molecule has 0 unspecified atom stereocenters. The molecular weight excluding hydrogens is 222 g/mol. The van der Waals surface area contributed by atoms with E-state index in [2.05, 4.69) is 40.2 Å². The SMILES string of the molecule is C=Cc1ccc(-c2c(C)n(C)c3ncccc23)[nH]1. The highest BCUT2D eigenvalue weighted by Gasteiger charge is 2.14. The van der Waals surface area contributed by atoms with Gasteiger partial charge in [0.15, 0.2) is 0 Å². The molecule has 3 heterocycles. The molecule has 3 heteroatoms. The van der Waals surface area contributed by atoms with Gasteiger partial charge in [0.1, 0.15) is 5.65 Å². The Bertz CT molecular complexity index is 731. The first-order valence-electron chi connectivity index (χ1n) is 5.94. The quantitative estimate of drug-likeness (QED) is 0.727. The first-order valence-corrected chi connectivity index (χ1v) is 5.94. The Morgan fingerprint density at radius 1 is 1.33 bits per heavy atom. The van der Waals surface area contributed by atoms with E-state index in [0.717, 1.165) is 17.0 Å². The summed E-state index contributed by atoms with van der Waals surface area (Å²) in [6.45, 7) is 5.90. The maximum atomic E-state index is 4.44. The first kappa shape index (κ1) is 10.8. The van der Waals surface area contributed by atoms with Crippen LogP contribution in [0.4, 0.5) is 0 Å². The molecule has 0 atom stereocenters. The van der Waals surface area contributed by atoms with Gasteiger partial charge in [0.2, 0.25) is 0 Å². The Balaban J connectivity index is 2.34. The van der Waals surface area contributed by atoms with Crippen molar-refractivity contribution in [3.8, 4) is 11.3 Å². The molecule has 3 rings (SSSR count). The fraction of sp³-hybridized carbons (Fsp3) is 0.133. The number of rotatable bonds is 2. The van der Waals surface area contributed by atoms with Crippen molar-refractivity contribution in [2.24, 2.45) is 7.05 Å². The van der Waals surface area contributed by atoms with E-state index in [1.165, 1.54) is 16.6 Å². The van der Waals surface area contributed by atoms with Crippen LogP contribution >= 0.6 is 0 Å². The second-order valence-electron chi connectivity index (χ2n) is 4.43. The summed E-state index contributed by atoms with van der Waals surface area (Å²) < 4.78 is 2.12. The number of hydrogen-bond donors (Lipinski definition) is 1. The standard InChI is InChI=1S/C15H15N3/c1-4-11-7-8-13(17-11)14-10(2)18(3)15-12(14)6-5-9-16-15/h4-9,17H,1H2,2-3H3. The van der Waals surface area contributed by atoms with Crippen molar-refractivity contribution in [3.63, 3.8) is 0 Å². The van der Waals surface area contributed by atoms with Crippen molar-refractivity contribution < 1.29 is 0 Å². The van der Waals surface area contributed by atoms with Crippen LogP contribution in [0.25, 0.3) is 28.4 Å². The van der Waals surface area contributed by atoms with Gasteiger partial charge in [-0.15, -0.1) is 0 Å². The number of aromatic amines is 1. The van der Waals surface area contributed by atoms with E-state index < -0.39 is 0 Å². The van der Waals surface area contributed by atoms with E-state index in [1.54, 1.807) is 0 Å². The minimum Gasteiger partial charge on any atom is -0.355 e. The Morgan fingerprint density at radius 2 is 2.17 bits per heavy atom. The highest BCUT2D eigenvalue weighted by molar-refractivity contribution is 5.95.